The number of carbonyl (C=O) groups excluding carboxylic acids is 3. The van der Waals surface area contributed by atoms with Crippen LogP contribution in [0.5, 0.6) is 0 Å². The summed E-state index contributed by atoms with van der Waals surface area (Å²) in [7, 11) is 0. The summed E-state index contributed by atoms with van der Waals surface area (Å²) in [6, 6.07) is 0. The summed E-state index contributed by atoms with van der Waals surface area (Å²) in [5.74, 6) is -0.0525. The van der Waals surface area contributed by atoms with Gasteiger partial charge in [0, 0.05) is 19.3 Å². The van der Waals surface area contributed by atoms with Gasteiger partial charge in [-0.1, -0.05) is 240 Å². The molecule has 0 aromatic heterocycles. The molecule has 0 saturated carbocycles. The van der Waals surface area contributed by atoms with E-state index in [1.807, 2.05) is 0 Å². The molecule has 0 radical (unpaired) electrons. The molecule has 0 aliphatic heterocycles. The molecular weight excluding hydrogens is 697 g/mol. The van der Waals surface area contributed by atoms with Crippen molar-refractivity contribution in [3.63, 3.8) is 0 Å². The molecule has 0 saturated heterocycles. The van der Waals surface area contributed by atoms with Gasteiger partial charge in [0.25, 0.3) is 0 Å². The molecule has 0 unspecified atom stereocenters. The summed E-state index contributed by atoms with van der Waals surface area (Å²) in [6.07, 6.45) is 45.1. The Morgan fingerprint density at radius 2 is 0.589 bits per heavy atom. The van der Waals surface area contributed by atoms with E-state index in [1.165, 1.54) is 173 Å². The Balaban J connectivity index is 4.30. The van der Waals surface area contributed by atoms with Crippen molar-refractivity contribution in [2.45, 2.75) is 284 Å². The molecule has 6 nitrogen and oxygen atoms in total. The second-order valence-electron chi connectivity index (χ2n) is 17.6. The largest absolute Gasteiger partial charge is 0.462 e. The minimum Gasteiger partial charge on any atom is -0.462 e. The Morgan fingerprint density at radius 3 is 0.875 bits per heavy atom. The predicted octanol–water partition coefficient (Wildman–Crippen LogP) is 15.9. The van der Waals surface area contributed by atoms with Gasteiger partial charge in [-0.2, -0.15) is 0 Å². The summed E-state index contributed by atoms with van der Waals surface area (Å²) < 4.78 is 16.8. The van der Waals surface area contributed by atoms with E-state index in [2.05, 4.69) is 27.7 Å². The number of esters is 3. The molecular formula is C50H96O6. The number of hydrogen-bond donors (Lipinski definition) is 0. The van der Waals surface area contributed by atoms with E-state index in [4.69, 9.17) is 14.2 Å². The first kappa shape index (κ1) is 54.4. The molecule has 332 valence electrons. The molecule has 0 aliphatic rings. The number of ether oxygens (including phenoxy) is 3. The third-order valence-electron chi connectivity index (χ3n) is 11.3. The second-order valence-corrected chi connectivity index (χ2v) is 17.6. The summed E-state index contributed by atoms with van der Waals surface area (Å²) >= 11 is 0. The molecule has 0 aromatic carbocycles. The molecule has 0 heterocycles. The van der Waals surface area contributed by atoms with Crippen LogP contribution < -0.4 is 0 Å². The minimum atomic E-state index is -0.760. The van der Waals surface area contributed by atoms with Gasteiger partial charge in [-0.25, -0.2) is 0 Å². The highest BCUT2D eigenvalue weighted by Gasteiger charge is 2.19. The van der Waals surface area contributed by atoms with E-state index in [1.54, 1.807) is 0 Å². The lowest BCUT2D eigenvalue weighted by Crippen LogP contribution is -2.30. The molecule has 0 rings (SSSR count). The standard InChI is InChI=1S/C50H96O6/c1-5-7-9-11-13-15-17-19-20-21-23-24-29-33-37-41-48(51)54-44-47(45-55-49(52)42-38-34-30-27-26-28-32-36-40-46(3)4)56-50(53)43-39-35-31-25-22-18-16-14-12-10-8-6-2/h46-47H,5-45H2,1-4H3/t47-/m0/s1. The smallest absolute Gasteiger partial charge is 0.306 e. The van der Waals surface area contributed by atoms with E-state index >= 15 is 0 Å². The highest BCUT2D eigenvalue weighted by Crippen LogP contribution is 2.17. The van der Waals surface area contributed by atoms with E-state index in [-0.39, 0.29) is 31.1 Å². The molecule has 6 heteroatoms. The lowest BCUT2D eigenvalue weighted by Gasteiger charge is -2.18. The zero-order valence-corrected chi connectivity index (χ0v) is 38.1. The third kappa shape index (κ3) is 43.5. The fourth-order valence-electron chi connectivity index (χ4n) is 7.51. The summed E-state index contributed by atoms with van der Waals surface area (Å²) in [5, 5.41) is 0. The fraction of sp³-hybridized carbons (Fsp3) is 0.940. The van der Waals surface area contributed by atoms with Crippen molar-refractivity contribution in [2.24, 2.45) is 5.92 Å². The van der Waals surface area contributed by atoms with E-state index in [0.717, 1.165) is 63.7 Å². The average Bonchev–Trinajstić information content (AvgIpc) is 3.18. The highest BCUT2D eigenvalue weighted by atomic mass is 16.6. The van der Waals surface area contributed by atoms with E-state index in [9.17, 15) is 14.4 Å². The molecule has 0 N–H and O–H groups in total. The zero-order chi connectivity index (χ0) is 41.0. The van der Waals surface area contributed by atoms with Gasteiger partial charge in [0.15, 0.2) is 6.10 Å². The van der Waals surface area contributed by atoms with Gasteiger partial charge in [0.1, 0.15) is 13.2 Å². The Bertz CT molecular complexity index is 841. The van der Waals surface area contributed by atoms with Gasteiger partial charge in [-0.3, -0.25) is 14.4 Å². The fourth-order valence-corrected chi connectivity index (χ4v) is 7.51. The van der Waals surface area contributed by atoms with Crippen molar-refractivity contribution in [3.8, 4) is 0 Å². The SMILES string of the molecule is CCCCCCCCCCCCCCCCCC(=O)OC[C@@H](COC(=O)CCCCCCCCCCC(C)C)OC(=O)CCCCCCCCCCCCCC. The Kier molecular flexibility index (Phi) is 43.2. The van der Waals surface area contributed by atoms with Crippen LogP contribution in [-0.4, -0.2) is 37.2 Å². The Morgan fingerprint density at radius 1 is 0.339 bits per heavy atom. The number of carbonyl (C=O) groups is 3. The second kappa shape index (κ2) is 44.5. The van der Waals surface area contributed by atoms with Crippen molar-refractivity contribution in [2.75, 3.05) is 13.2 Å². The number of hydrogen-bond acceptors (Lipinski definition) is 6. The van der Waals surface area contributed by atoms with Crippen molar-refractivity contribution in [3.05, 3.63) is 0 Å². The first-order valence-electron chi connectivity index (χ1n) is 24.9. The summed E-state index contributed by atoms with van der Waals surface area (Å²) in [6.45, 7) is 8.98. The number of unbranched alkanes of at least 4 members (excludes halogenated alkanes) is 32. The number of rotatable bonds is 45. The first-order valence-corrected chi connectivity index (χ1v) is 24.9. The van der Waals surface area contributed by atoms with Crippen LogP contribution in [0.15, 0.2) is 0 Å². The molecule has 0 aromatic rings. The molecule has 0 amide bonds. The van der Waals surface area contributed by atoms with E-state index in [0.29, 0.717) is 19.3 Å². The van der Waals surface area contributed by atoms with Crippen LogP contribution in [0.1, 0.15) is 278 Å². The maximum Gasteiger partial charge on any atom is 0.306 e. The van der Waals surface area contributed by atoms with Gasteiger partial charge < -0.3 is 14.2 Å². The van der Waals surface area contributed by atoms with Crippen LogP contribution in [0.4, 0.5) is 0 Å². The monoisotopic (exact) mass is 793 g/mol. The highest BCUT2D eigenvalue weighted by molar-refractivity contribution is 5.71. The van der Waals surface area contributed by atoms with Crippen LogP contribution in [0.2, 0.25) is 0 Å². The maximum absolute atomic E-state index is 12.7. The van der Waals surface area contributed by atoms with Gasteiger partial charge in [-0.05, 0) is 25.2 Å². The van der Waals surface area contributed by atoms with Gasteiger partial charge >= 0.3 is 17.9 Å². The van der Waals surface area contributed by atoms with Crippen LogP contribution in [0.25, 0.3) is 0 Å². The molecule has 0 aliphatic carbocycles. The van der Waals surface area contributed by atoms with Crippen LogP contribution in [-0.2, 0) is 28.6 Å². The molecule has 0 fully saturated rings. The molecule has 56 heavy (non-hydrogen) atoms. The quantitative estimate of drug-likeness (QED) is 0.0347. The normalized spacial score (nSPS) is 11.9. The predicted molar refractivity (Wildman–Crippen MR) is 238 cm³/mol. The maximum atomic E-state index is 12.7. The third-order valence-corrected chi connectivity index (χ3v) is 11.3. The van der Waals surface area contributed by atoms with Gasteiger partial charge in [0.2, 0.25) is 0 Å². The van der Waals surface area contributed by atoms with Crippen LogP contribution >= 0.6 is 0 Å². The molecule has 0 spiro atoms. The van der Waals surface area contributed by atoms with Crippen molar-refractivity contribution < 1.29 is 28.6 Å². The van der Waals surface area contributed by atoms with Crippen LogP contribution in [0.3, 0.4) is 0 Å². The molecule has 0 bridgehead atoms. The van der Waals surface area contributed by atoms with Gasteiger partial charge in [0.05, 0.1) is 0 Å². The van der Waals surface area contributed by atoms with E-state index < -0.39 is 6.10 Å². The average molecular weight is 793 g/mol. The lowest BCUT2D eigenvalue weighted by molar-refractivity contribution is -0.167. The van der Waals surface area contributed by atoms with Gasteiger partial charge in [-0.15, -0.1) is 0 Å². The zero-order valence-electron chi connectivity index (χ0n) is 38.1. The topological polar surface area (TPSA) is 78.9 Å². The Labute approximate surface area is 348 Å². The first-order chi connectivity index (χ1) is 27.4. The van der Waals surface area contributed by atoms with Crippen LogP contribution in [0, 0.1) is 5.92 Å². The van der Waals surface area contributed by atoms with Crippen molar-refractivity contribution in [1.82, 2.24) is 0 Å². The van der Waals surface area contributed by atoms with Crippen molar-refractivity contribution >= 4 is 17.9 Å². The lowest BCUT2D eigenvalue weighted by atomic mass is 10.0. The summed E-state index contributed by atoms with van der Waals surface area (Å²) in [4.78, 5) is 37.8. The minimum absolute atomic E-state index is 0.0633. The van der Waals surface area contributed by atoms with Crippen molar-refractivity contribution in [1.29, 1.82) is 0 Å². The Hall–Kier alpha value is -1.59. The summed E-state index contributed by atoms with van der Waals surface area (Å²) in [5.41, 5.74) is 0. The molecule has 1 atom stereocenters.